The van der Waals surface area contributed by atoms with Crippen LogP contribution < -0.4 is 4.74 Å². The smallest absolute Gasteiger partial charge is 0.217 e. The highest BCUT2D eigenvalue weighted by atomic mass is 16.5. The van der Waals surface area contributed by atoms with Crippen molar-refractivity contribution in [2.24, 2.45) is 0 Å². The molecular weight excluding hydrogens is 496 g/mol. The molecule has 2 fully saturated rings. The summed E-state index contributed by atoms with van der Waals surface area (Å²) in [5.74, 6) is 1.87. The van der Waals surface area contributed by atoms with E-state index < -0.39 is 11.5 Å². The normalized spacial score (nSPS) is 25.1. The lowest BCUT2D eigenvalue weighted by Gasteiger charge is -2.36. The number of Topliss-reactive ketones (excluding diaryl/α,β-unsaturated/α-hetero) is 1. The molecule has 10 nitrogen and oxygen atoms in total. The summed E-state index contributed by atoms with van der Waals surface area (Å²) in [6, 6.07) is 4.01. The van der Waals surface area contributed by atoms with E-state index in [1.54, 1.807) is 11.6 Å². The highest BCUT2D eigenvalue weighted by molar-refractivity contribution is 5.91. The maximum atomic E-state index is 13.2. The number of likely N-dealkylation sites (tertiary alicyclic amines) is 1. The summed E-state index contributed by atoms with van der Waals surface area (Å²) in [5, 5.41) is 18.9. The van der Waals surface area contributed by atoms with Crippen molar-refractivity contribution in [3.8, 4) is 28.8 Å². The van der Waals surface area contributed by atoms with Crippen molar-refractivity contribution in [1.29, 1.82) is 0 Å². The number of ether oxygens (including phenoxy) is 1. The van der Waals surface area contributed by atoms with Crippen LogP contribution in [-0.2, 0) is 23.2 Å². The van der Waals surface area contributed by atoms with Crippen LogP contribution in [-0.4, -0.2) is 72.5 Å². The third-order valence-electron chi connectivity index (χ3n) is 8.74. The Balaban J connectivity index is 1.40. The molecule has 2 aliphatic carbocycles. The number of ketones is 1. The second-order valence-corrected chi connectivity index (χ2v) is 11.6. The molecule has 1 N–H and O–H groups in total. The summed E-state index contributed by atoms with van der Waals surface area (Å²) < 4.78 is 14.1. The summed E-state index contributed by atoms with van der Waals surface area (Å²) in [7, 11) is 2.13. The lowest BCUT2D eigenvalue weighted by atomic mass is 9.64. The first-order valence-corrected chi connectivity index (χ1v) is 14.3. The van der Waals surface area contributed by atoms with Gasteiger partial charge in [0.1, 0.15) is 17.6 Å². The lowest BCUT2D eigenvalue weighted by Crippen LogP contribution is -2.41. The number of hydrogen-bond acceptors (Lipinski definition) is 9. The Morgan fingerprint density at radius 2 is 2.00 bits per heavy atom. The molecule has 1 spiro atoms. The lowest BCUT2D eigenvalue weighted by molar-refractivity contribution is -0.128. The maximum Gasteiger partial charge on any atom is 0.217 e. The van der Waals surface area contributed by atoms with E-state index in [0.29, 0.717) is 53.6 Å². The molecule has 4 atom stereocenters. The SMILES string of the molecule is C[C@H](O)Cn1ccc(-c2cc(O[C@@H](C)[C@@H]3CCCN3C)nc(-c3noc4c3CCC[C@@]43CCCCC3=O)n2)n1. The van der Waals surface area contributed by atoms with Crippen molar-refractivity contribution < 1.29 is 19.2 Å². The van der Waals surface area contributed by atoms with E-state index in [9.17, 15) is 9.90 Å². The fourth-order valence-electron chi connectivity index (χ4n) is 6.76. The first-order valence-electron chi connectivity index (χ1n) is 14.3. The Morgan fingerprint density at radius 3 is 2.77 bits per heavy atom. The number of carbonyl (C=O) groups is 1. The van der Waals surface area contributed by atoms with E-state index in [4.69, 9.17) is 19.2 Å². The standard InChI is InChI=1S/C29H38N6O4/c1-18(36)17-35-15-11-21(32-35)22-16-25(38-19(2)23-9-7-14-34(23)3)31-28(30-22)26-20-8-6-13-29(27(20)39-33-26)12-5-4-10-24(29)37/h11,15-16,18-19,23,36H,4-10,12-14,17H2,1-3H3/t18-,19-,23-,29+/m0/s1. The number of aliphatic hydroxyl groups is 1. The third-order valence-corrected chi connectivity index (χ3v) is 8.74. The zero-order chi connectivity index (χ0) is 27.1. The number of aliphatic hydroxyl groups excluding tert-OH is 1. The number of hydrogen-bond donors (Lipinski definition) is 1. The molecule has 10 heteroatoms. The van der Waals surface area contributed by atoms with Gasteiger partial charge in [-0.3, -0.25) is 14.4 Å². The summed E-state index contributed by atoms with van der Waals surface area (Å²) in [6.45, 7) is 5.26. The van der Waals surface area contributed by atoms with E-state index in [1.165, 1.54) is 0 Å². The zero-order valence-corrected chi connectivity index (χ0v) is 23.1. The number of likely N-dealkylation sites (N-methyl/N-ethyl adjacent to an activating group) is 1. The Bertz CT molecular complexity index is 1350. The molecule has 0 radical (unpaired) electrons. The van der Waals surface area contributed by atoms with Crippen LogP contribution in [0.5, 0.6) is 5.88 Å². The highest BCUT2D eigenvalue weighted by Gasteiger charge is 2.48. The monoisotopic (exact) mass is 534 g/mol. The topological polar surface area (TPSA) is 119 Å². The van der Waals surface area contributed by atoms with Crippen molar-refractivity contribution in [1.82, 2.24) is 29.8 Å². The molecule has 6 rings (SSSR count). The molecule has 4 heterocycles. The van der Waals surface area contributed by atoms with E-state index in [-0.39, 0.29) is 11.9 Å². The van der Waals surface area contributed by atoms with Gasteiger partial charge in [0.25, 0.3) is 0 Å². The molecule has 3 aromatic heterocycles. The minimum atomic E-state index is -0.560. The van der Waals surface area contributed by atoms with Crippen molar-refractivity contribution in [2.45, 2.75) is 102 Å². The average Bonchev–Trinajstić information content (AvgIpc) is 3.66. The summed E-state index contributed by atoms with van der Waals surface area (Å²) in [5.41, 5.74) is 2.24. The molecule has 3 aliphatic rings. The number of fused-ring (bicyclic) bond motifs is 2. The van der Waals surface area contributed by atoms with E-state index in [0.717, 1.165) is 63.5 Å². The highest BCUT2D eigenvalue weighted by Crippen LogP contribution is 2.47. The van der Waals surface area contributed by atoms with Gasteiger partial charge in [-0.25, -0.2) is 4.98 Å². The average molecular weight is 535 g/mol. The minimum absolute atomic E-state index is 0.0600. The predicted molar refractivity (Wildman–Crippen MR) is 144 cm³/mol. The maximum absolute atomic E-state index is 13.2. The zero-order valence-electron chi connectivity index (χ0n) is 23.1. The van der Waals surface area contributed by atoms with Crippen molar-refractivity contribution in [2.75, 3.05) is 13.6 Å². The van der Waals surface area contributed by atoms with E-state index >= 15 is 0 Å². The van der Waals surface area contributed by atoms with Gasteiger partial charge >= 0.3 is 0 Å². The van der Waals surface area contributed by atoms with Crippen molar-refractivity contribution >= 4 is 5.78 Å². The molecule has 208 valence electrons. The molecule has 1 saturated carbocycles. The fourth-order valence-corrected chi connectivity index (χ4v) is 6.76. The number of rotatable bonds is 7. The molecular formula is C29H38N6O4. The molecule has 0 aromatic carbocycles. The molecule has 39 heavy (non-hydrogen) atoms. The van der Waals surface area contributed by atoms with E-state index in [1.807, 2.05) is 18.3 Å². The quantitative estimate of drug-likeness (QED) is 0.480. The molecule has 1 saturated heterocycles. The Hall–Kier alpha value is -3.11. The van der Waals surface area contributed by atoms with Gasteiger partial charge < -0.3 is 14.4 Å². The summed E-state index contributed by atoms with van der Waals surface area (Å²) >= 11 is 0. The minimum Gasteiger partial charge on any atom is -0.473 e. The van der Waals surface area contributed by atoms with Crippen LogP contribution in [0.3, 0.4) is 0 Å². The van der Waals surface area contributed by atoms with Crippen LogP contribution in [0.4, 0.5) is 0 Å². The predicted octanol–water partition coefficient (Wildman–Crippen LogP) is 3.95. The fraction of sp³-hybridized carbons (Fsp3) is 0.621. The molecule has 3 aromatic rings. The summed E-state index contributed by atoms with van der Waals surface area (Å²) in [4.78, 5) is 25.2. The molecule has 0 bridgehead atoms. The largest absolute Gasteiger partial charge is 0.473 e. The van der Waals surface area contributed by atoms with Crippen LogP contribution in [0.2, 0.25) is 0 Å². The van der Waals surface area contributed by atoms with Gasteiger partial charge in [0.15, 0.2) is 17.3 Å². The third kappa shape index (κ3) is 4.89. The van der Waals surface area contributed by atoms with Crippen molar-refractivity contribution in [3.05, 3.63) is 29.7 Å². The molecule has 0 amide bonds. The van der Waals surface area contributed by atoms with Gasteiger partial charge in [-0.05, 0) is 78.5 Å². The van der Waals surface area contributed by atoms with Gasteiger partial charge in [-0.15, -0.1) is 0 Å². The first-order chi connectivity index (χ1) is 18.8. The van der Waals surface area contributed by atoms with Gasteiger partial charge in [0.2, 0.25) is 5.88 Å². The number of carbonyl (C=O) groups excluding carboxylic acids is 1. The number of aromatic nitrogens is 5. The van der Waals surface area contributed by atoms with E-state index in [2.05, 4.69) is 29.1 Å². The Labute approximate surface area is 228 Å². The Kier molecular flexibility index (Phi) is 7.01. The van der Waals surface area contributed by atoms with Crippen LogP contribution in [0.25, 0.3) is 22.9 Å². The number of nitrogens with zero attached hydrogens (tertiary/aromatic N) is 6. The van der Waals surface area contributed by atoms with Gasteiger partial charge in [0, 0.05) is 30.3 Å². The Morgan fingerprint density at radius 1 is 1.15 bits per heavy atom. The molecule has 1 aliphatic heterocycles. The van der Waals surface area contributed by atoms with Crippen LogP contribution >= 0.6 is 0 Å². The van der Waals surface area contributed by atoms with Crippen LogP contribution in [0, 0.1) is 0 Å². The second-order valence-electron chi connectivity index (χ2n) is 11.6. The van der Waals surface area contributed by atoms with Gasteiger partial charge in [-0.1, -0.05) is 11.6 Å². The van der Waals surface area contributed by atoms with Gasteiger partial charge in [-0.2, -0.15) is 10.1 Å². The first kappa shape index (κ1) is 26.1. The molecule has 0 unspecified atom stereocenters. The second kappa shape index (κ2) is 10.5. The summed E-state index contributed by atoms with van der Waals surface area (Å²) in [6.07, 6.45) is 9.37. The van der Waals surface area contributed by atoms with Crippen LogP contribution in [0.15, 0.2) is 22.9 Å². The van der Waals surface area contributed by atoms with Gasteiger partial charge in [0.05, 0.1) is 23.8 Å². The van der Waals surface area contributed by atoms with Crippen LogP contribution in [0.1, 0.15) is 76.5 Å². The van der Waals surface area contributed by atoms with Crippen molar-refractivity contribution in [3.63, 3.8) is 0 Å².